The fraction of sp³-hybridized carbons (Fsp3) is 0.235. The van der Waals surface area contributed by atoms with E-state index in [0.29, 0.717) is 11.4 Å². The van der Waals surface area contributed by atoms with Crippen molar-refractivity contribution in [1.29, 1.82) is 0 Å². The maximum atomic E-state index is 12.5. The number of carbonyl (C=O) groups is 1. The Hall–Kier alpha value is -2.89. The molecule has 0 spiro atoms. The van der Waals surface area contributed by atoms with Crippen molar-refractivity contribution in [3.63, 3.8) is 0 Å². The Labute approximate surface area is 134 Å². The molecule has 0 saturated heterocycles. The molecule has 0 aliphatic carbocycles. The lowest BCUT2D eigenvalue weighted by molar-refractivity contribution is 0.0939. The third-order valence-corrected chi connectivity index (χ3v) is 3.67. The fourth-order valence-electron chi connectivity index (χ4n) is 2.53. The smallest absolute Gasteiger partial charge is 0.251 e. The van der Waals surface area contributed by atoms with E-state index in [1.165, 1.54) is 0 Å². The highest BCUT2D eigenvalue weighted by atomic mass is 16.3. The van der Waals surface area contributed by atoms with E-state index in [4.69, 9.17) is 4.42 Å². The van der Waals surface area contributed by atoms with Gasteiger partial charge >= 0.3 is 0 Å². The molecule has 1 amide bonds. The molecule has 0 fully saturated rings. The summed E-state index contributed by atoms with van der Waals surface area (Å²) in [5.41, 5.74) is 1.54. The van der Waals surface area contributed by atoms with Gasteiger partial charge in [-0.2, -0.15) is 0 Å². The van der Waals surface area contributed by atoms with Crippen molar-refractivity contribution in [1.82, 2.24) is 19.9 Å². The van der Waals surface area contributed by atoms with Crippen LogP contribution in [0.5, 0.6) is 0 Å². The standard InChI is InChI=1S/C17H18N4O2/c1-11-8-15(13(3)23-11)12(2)20-17(22)14-4-5-19-16(9-14)21-7-6-18-10-21/h4-10,12H,1-3H3,(H,20,22)/t12-/m0/s1. The zero-order valence-corrected chi connectivity index (χ0v) is 13.3. The van der Waals surface area contributed by atoms with Crippen LogP contribution in [0.2, 0.25) is 0 Å². The lowest BCUT2D eigenvalue weighted by Crippen LogP contribution is -2.27. The summed E-state index contributed by atoms with van der Waals surface area (Å²) in [5, 5.41) is 2.99. The van der Waals surface area contributed by atoms with Gasteiger partial charge in [-0.1, -0.05) is 0 Å². The number of hydrogen-bond donors (Lipinski definition) is 1. The second-order valence-corrected chi connectivity index (χ2v) is 5.44. The van der Waals surface area contributed by atoms with Crippen LogP contribution >= 0.6 is 0 Å². The van der Waals surface area contributed by atoms with Crippen molar-refractivity contribution >= 4 is 5.91 Å². The summed E-state index contributed by atoms with van der Waals surface area (Å²) in [6.07, 6.45) is 6.71. The molecule has 3 heterocycles. The highest BCUT2D eigenvalue weighted by Crippen LogP contribution is 2.21. The van der Waals surface area contributed by atoms with Crippen molar-refractivity contribution in [2.75, 3.05) is 0 Å². The summed E-state index contributed by atoms with van der Waals surface area (Å²) in [4.78, 5) is 20.7. The van der Waals surface area contributed by atoms with Gasteiger partial charge in [0.2, 0.25) is 0 Å². The van der Waals surface area contributed by atoms with Crippen molar-refractivity contribution in [3.8, 4) is 5.82 Å². The van der Waals surface area contributed by atoms with E-state index < -0.39 is 0 Å². The largest absolute Gasteiger partial charge is 0.466 e. The first kappa shape index (κ1) is 15.0. The van der Waals surface area contributed by atoms with Gasteiger partial charge in [-0.15, -0.1) is 0 Å². The molecule has 0 unspecified atom stereocenters. The lowest BCUT2D eigenvalue weighted by atomic mass is 10.1. The number of imidazole rings is 1. The molecule has 23 heavy (non-hydrogen) atoms. The average molecular weight is 310 g/mol. The highest BCUT2D eigenvalue weighted by Gasteiger charge is 2.16. The second kappa shape index (κ2) is 6.08. The number of pyridine rings is 1. The number of aryl methyl sites for hydroxylation is 2. The predicted molar refractivity (Wildman–Crippen MR) is 85.4 cm³/mol. The van der Waals surface area contributed by atoms with Crippen LogP contribution < -0.4 is 5.32 Å². The molecule has 0 radical (unpaired) electrons. The van der Waals surface area contributed by atoms with E-state index in [-0.39, 0.29) is 11.9 Å². The molecular weight excluding hydrogens is 292 g/mol. The number of amides is 1. The number of rotatable bonds is 4. The van der Waals surface area contributed by atoms with Crippen LogP contribution in [0.4, 0.5) is 0 Å². The van der Waals surface area contributed by atoms with Crippen molar-refractivity contribution in [2.45, 2.75) is 26.8 Å². The third kappa shape index (κ3) is 3.15. The van der Waals surface area contributed by atoms with Crippen LogP contribution in [0.1, 0.15) is 40.4 Å². The number of nitrogens with one attached hydrogen (secondary N) is 1. The van der Waals surface area contributed by atoms with E-state index in [9.17, 15) is 4.79 Å². The maximum absolute atomic E-state index is 12.5. The molecule has 0 saturated carbocycles. The summed E-state index contributed by atoms with van der Waals surface area (Å²) in [7, 11) is 0. The minimum Gasteiger partial charge on any atom is -0.466 e. The van der Waals surface area contributed by atoms with E-state index in [1.54, 1.807) is 41.6 Å². The Morgan fingerprint density at radius 3 is 2.78 bits per heavy atom. The molecule has 1 N–H and O–H groups in total. The highest BCUT2D eigenvalue weighted by molar-refractivity contribution is 5.94. The molecule has 6 heteroatoms. The average Bonchev–Trinajstić information content (AvgIpc) is 3.17. The van der Waals surface area contributed by atoms with E-state index in [0.717, 1.165) is 17.1 Å². The first-order chi connectivity index (χ1) is 11.0. The van der Waals surface area contributed by atoms with Gasteiger partial charge in [0.1, 0.15) is 23.7 Å². The number of furan rings is 1. The Bertz CT molecular complexity index is 821. The predicted octanol–water partition coefficient (Wildman–Crippen LogP) is 2.97. The molecule has 3 aromatic heterocycles. The van der Waals surface area contributed by atoms with E-state index >= 15 is 0 Å². The summed E-state index contributed by atoms with van der Waals surface area (Å²) in [6, 6.07) is 5.24. The van der Waals surface area contributed by atoms with Gasteiger partial charge in [-0.05, 0) is 39.0 Å². The SMILES string of the molecule is Cc1cc([C@H](C)NC(=O)c2ccnc(-n3ccnc3)c2)c(C)o1. The second-order valence-electron chi connectivity index (χ2n) is 5.44. The van der Waals surface area contributed by atoms with E-state index in [1.807, 2.05) is 26.8 Å². The molecule has 3 rings (SSSR count). The molecule has 6 nitrogen and oxygen atoms in total. The molecule has 0 aromatic carbocycles. The van der Waals surface area contributed by atoms with Crippen LogP contribution in [-0.4, -0.2) is 20.4 Å². The van der Waals surface area contributed by atoms with E-state index in [2.05, 4.69) is 15.3 Å². The van der Waals surface area contributed by atoms with Gasteiger partial charge < -0.3 is 9.73 Å². The third-order valence-electron chi connectivity index (χ3n) is 3.67. The molecule has 0 bridgehead atoms. The van der Waals surface area contributed by atoms with Gasteiger partial charge in [0, 0.05) is 29.7 Å². The summed E-state index contributed by atoms with van der Waals surface area (Å²) >= 11 is 0. The molecule has 0 aliphatic heterocycles. The number of aromatic nitrogens is 3. The van der Waals surface area contributed by atoms with Crippen molar-refractivity contribution in [3.05, 3.63) is 65.8 Å². The minimum atomic E-state index is -0.153. The fourth-order valence-corrected chi connectivity index (χ4v) is 2.53. The van der Waals surface area contributed by atoms with Crippen LogP contribution in [-0.2, 0) is 0 Å². The number of hydrogen-bond acceptors (Lipinski definition) is 4. The summed E-state index contributed by atoms with van der Waals surface area (Å²) in [6.45, 7) is 5.73. The quantitative estimate of drug-likeness (QED) is 0.804. The molecular formula is C17H18N4O2. The van der Waals surface area contributed by atoms with Crippen LogP contribution in [0.3, 0.4) is 0 Å². The normalized spacial score (nSPS) is 12.1. The topological polar surface area (TPSA) is 73.0 Å². The van der Waals surface area contributed by atoms with Gasteiger partial charge in [-0.3, -0.25) is 9.36 Å². The van der Waals surface area contributed by atoms with Gasteiger partial charge in [0.05, 0.1) is 6.04 Å². The first-order valence-electron chi connectivity index (χ1n) is 7.37. The van der Waals surface area contributed by atoms with Crippen LogP contribution in [0, 0.1) is 13.8 Å². The van der Waals surface area contributed by atoms with Crippen molar-refractivity contribution in [2.24, 2.45) is 0 Å². The monoisotopic (exact) mass is 310 g/mol. The number of nitrogens with zero attached hydrogens (tertiary/aromatic N) is 3. The Kier molecular flexibility index (Phi) is 3.97. The first-order valence-corrected chi connectivity index (χ1v) is 7.37. The molecule has 0 aliphatic rings. The minimum absolute atomic E-state index is 0.134. The molecule has 118 valence electrons. The Balaban J connectivity index is 1.78. The summed E-state index contributed by atoms with van der Waals surface area (Å²) in [5.74, 6) is 2.16. The van der Waals surface area contributed by atoms with Gasteiger partial charge in [-0.25, -0.2) is 9.97 Å². The van der Waals surface area contributed by atoms with Gasteiger partial charge in [0.25, 0.3) is 5.91 Å². The van der Waals surface area contributed by atoms with Gasteiger partial charge in [0.15, 0.2) is 0 Å². The lowest BCUT2D eigenvalue weighted by Gasteiger charge is -2.13. The summed E-state index contributed by atoms with van der Waals surface area (Å²) < 4.78 is 7.27. The van der Waals surface area contributed by atoms with Crippen LogP contribution in [0.15, 0.2) is 47.5 Å². The zero-order valence-electron chi connectivity index (χ0n) is 13.3. The maximum Gasteiger partial charge on any atom is 0.251 e. The molecule has 1 atom stereocenters. The Morgan fingerprint density at radius 1 is 1.30 bits per heavy atom. The molecule has 3 aromatic rings. The Morgan fingerprint density at radius 2 is 2.13 bits per heavy atom. The zero-order chi connectivity index (χ0) is 16.4. The van der Waals surface area contributed by atoms with Crippen molar-refractivity contribution < 1.29 is 9.21 Å². The number of carbonyl (C=O) groups excluding carboxylic acids is 1. The van der Waals surface area contributed by atoms with Crippen LogP contribution in [0.25, 0.3) is 5.82 Å².